The molecule has 0 aliphatic rings. The van der Waals surface area contributed by atoms with E-state index in [9.17, 15) is 8.78 Å². The van der Waals surface area contributed by atoms with Crippen molar-refractivity contribution in [3.05, 3.63) is 35.9 Å². The Hall–Kier alpha value is -1.84. The fraction of sp³-hybridized carbons (Fsp3) is 0. The molecular formula is C10H7F2NO. The molecule has 0 radical (unpaired) electrons. The molecule has 4 heteroatoms. The largest absolute Gasteiger partial charge is 0.505 e. The number of aromatic hydroxyl groups is 1. The van der Waals surface area contributed by atoms with Crippen molar-refractivity contribution in [2.24, 2.45) is 0 Å². The van der Waals surface area contributed by atoms with Gasteiger partial charge in [0.15, 0.2) is 11.6 Å². The van der Waals surface area contributed by atoms with Gasteiger partial charge >= 0.3 is 0 Å². The lowest BCUT2D eigenvalue weighted by molar-refractivity contribution is 0.436. The van der Waals surface area contributed by atoms with E-state index in [0.29, 0.717) is 5.39 Å². The molecule has 2 aromatic rings. The third kappa shape index (κ3) is 1.16. The Balaban J connectivity index is 2.89. The van der Waals surface area contributed by atoms with Gasteiger partial charge in [-0.05, 0) is 23.6 Å². The maximum absolute atomic E-state index is 13.3. The van der Waals surface area contributed by atoms with Crippen LogP contribution in [0.4, 0.5) is 14.5 Å². The van der Waals surface area contributed by atoms with Gasteiger partial charge in [-0.1, -0.05) is 6.07 Å². The Bertz CT molecular complexity index is 511. The zero-order valence-corrected chi connectivity index (χ0v) is 7.09. The molecule has 0 saturated carbocycles. The minimum Gasteiger partial charge on any atom is -0.505 e. The smallest absolute Gasteiger partial charge is 0.172 e. The van der Waals surface area contributed by atoms with Crippen LogP contribution in [0.3, 0.4) is 0 Å². The van der Waals surface area contributed by atoms with Crippen LogP contribution in [0.25, 0.3) is 10.8 Å². The summed E-state index contributed by atoms with van der Waals surface area (Å²) in [5.74, 6) is -2.02. The first kappa shape index (κ1) is 8.74. The number of anilines is 1. The van der Waals surface area contributed by atoms with Crippen LogP contribution in [0, 0.1) is 11.6 Å². The number of nitrogens with two attached hydrogens (primary N) is 1. The molecule has 0 atom stereocenters. The van der Waals surface area contributed by atoms with E-state index in [0.717, 1.165) is 6.07 Å². The second-order valence-corrected chi connectivity index (χ2v) is 2.99. The molecular weight excluding hydrogens is 188 g/mol. The van der Waals surface area contributed by atoms with Gasteiger partial charge in [-0.15, -0.1) is 0 Å². The molecule has 3 N–H and O–H groups in total. The molecule has 2 aromatic carbocycles. The molecule has 0 spiro atoms. The molecule has 0 saturated heterocycles. The van der Waals surface area contributed by atoms with Crippen LogP contribution < -0.4 is 5.73 Å². The van der Waals surface area contributed by atoms with Crippen molar-refractivity contribution in [1.29, 1.82) is 0 Å². The van der Waals surface area contributed by atoms with E-state index in [1.54, 1.807) is 0 Å². The summed E-state index contributed by atoms with van der Waals surface area (Å²) in [6, 6.07) is 4.98. The highest BCUT2D eigenvalue weighted by molar-refractivity contribution is 5.87. The predicted octanol–water partition coefficient (Wildman–Crippen LogP) is 2.41. The Morgan fingerprint density at radius 2 is 1.86 bits per heavy atom. The molecule has 0 aliphatic carbocycles. The first-order chi connectivity index (χ1) is 6.59. The highest BCUT2D eigenvalue weighted by Crippen LogP contribution is 2.28. The molecule has 2 nitrogen and oxygen atoms in total. The van der Waals surface area contributed by atoms with Crippen molar-refractivity contribution in [3.63, 3.8) is 0 Å². The molecule has 0 aromatic heterocycles. The van der Waals surface area contributed by atoms with Crippen molar-refractivity contribution >= 4 is 16.5 Å². The van der Waals surface area contributed by atoms with Crippen LogP contribution in [0.5, 0.6) is 5.75 Å². The monoisotopic (exact) mass is 195 g/mol. The third-order valence-corrected chi connectivity index (χ3v) is 2.05. The van der Waals surface area contributed by atoms with Gasteiger partial charge < -0.3 is 10.8 Å². The summed E-state index contributed by atoms with van der Waals surface area (Å²) in [6.45, 7) is 0. The van der Waals surface area contributed by atoms with Gasteiger partial charge in [0, 0.05) is 5.39 Å². The molecule has 14 heavy (non-hydrogen) atoms. The molecule has 0 aliphatic heterocycles. The standard InChI is InChI=1S/C10H7F2NO/c11-7-4-6-5(3-8(7)13)1-2-9(14)10(6)12/h1-4,14H,13H2. The zero-order valence-electron chi connectivity index (χ0n) is 7.09. The Morgan fingerprint density at radius 1 is 1.14 bits per heavy atom. The number of hydrogen-bond donors (Lipinski definition) is 2. The zero-order chi connectivity index (χ0) is 10.3. The molecule has 0 unspecified atom stereocenters. The van der Waals surface area contributed by atoms with Crippen molar-refractivity contribution in [2.45, 2.75) is 0 Å². The first-order valence-corrected chi connectivity index (χ1v) is 3.96. The highest BCUT2D eigenvalue weighted by Gasteiger charge is 2.08. The molecule has 0 bridgehead atoms. The van der Waals surface area contributed by atoms with Gasteiger partial charge in [-0.2, -0.15) is 0 Å². The number of phenolic OH excluding ortho intramolecular Hbond substituents is 1. The molecule has 72 valence electrons. The van der Waals surface area contributed by atoms with E-state index in [1.165, 1.54) is 18.2 Å². The fourth-order valence-corrected chi connectivity index (χ4v) is 1.32. The van der Waals surface area contributed by atoms with Crippen LogP contribution in [0.2, 0.25) is 0 Å². The van der Waals surface area contributed by atoms with Crippen molar-refractivity contribution < 1.29 is 13.9 Å². The molecule has 0 heterocycles. The van der Waals surface area contributed by atoms with Gasteiger partial charge in [0.05, 0.1) is 5.69 Å². The number of rotatable bonds is 0. The van der Waals surface area contributed by atoms with Crippen molar-refractivity contribution in [1.82, 2.24) is 0 Å². The second-order valence-electron chi connectivity index (χ2n) is 2.99. The minimum atomic E-state index is -0.832. The number of halogens is 2. The van der Waals surface area contributed by atoms with Gasteiger partial charge in [-0.3, -0.25) is 0 Å². The summed E-state index contributed by atoms with van der Waals surface area (Å²) < 4.78 is 26.2. The number of benzene rings is 2. The average Bonchev–Trinajstić information content (AvgIpc) is 2.15. The lowest BCUT2D eigenvalue weighted by Gasteiger charge is -2.03. The Morgan fingerprint density at radius 3 is 2.57 bits per heavy atom. The number of phenols is 1. The van der Waals surface area contributed by atoms with Crippen LogP contribution in [0.1, 0.15) is 0 Å². The highest BCUT2D eigenvalue weighted by atomic mass is 19.1. The van der Waals surface area contributed by atoms with Crippen LogP contribution in [-0.4, -0.2) is 5.11 Å². The lowest BCUT2D eigenvalue weighted by Crippen LogP contribution is -1.91. The summed E-state index contributed by atoms with van der Waals surface area (Å²) in [5.41, 5.74) is 5.27. The van der Waals surface area contributed by atoms with Crippen LogP contribution >= 0.6 is 0 Å². The maximum atomic E-state index is 13.3. The quantitative estimate of drug-likeness (QED) is 0.634. The lowest BCUT2D eigenvalue weighted by atomic mass is 10.1. The topological polar surface area (TPSA) is 46.2 Å². The van der Waals surface area contributed by atoms with E-state index in [2.05, 4.69) is 0 Å². The number of nitrogen functional groups attached to an aromatic ring is 1. The summed E-state index contributed by atoms with van der Waals surface area (Å²) in [7, 11) is 0. The molecule has 0 fully saturated rings. The Labute approximate surface area is 78.6 Å². The van der Waals surface area contributed by atoms with E-state index in [4.69, 9.17) is 10.8 Å². The molecule has 2 rings (SSSR count). The van der Waals surface area contributed by atoms with Crippen LogP contribution in [-0.2, 0) is 0 Å². The van der Waals surface area contributed by atoms with E-state index in [-0.39, 0.29) is 11.1 Å². The Kier molecular flexibility index (Phi) is 1.77. The SMILES string of the molecule is Nc1cc2ccc(O)c(F)c2cc1F. The predicted molar refractivity (Wildman–Crippen MR) is 49.9 cm³/mol. The third-order valence-electron chi connectivity index (χ3n) is 2.05. The van der Waals surface area contributed by atoms with E-state index < -0.39 is 17.4 Å². The second kappa shape index (κ2) is 2.83. The maximum Gasteiger partial charge on any atom is 0.172 e. The first-order valence-electron chi connectivity index (χ1n) is 3.96. The van der Waals surface area contributed by atoms with E-state index >= 15 is 0 Å². The summed E-state index contributed by atoms with van der Waals surface area (Å²) in [6.07, 6.45) is 0. The minimum absolute atomic E-state index is 0.0247. The van der Waals surface area contributed by atoms with Crippen LogP contribution in [0.15, 0.2) is 24.3 Å². The van der Waals surface area contributed by atoms with E-state index in [1.807, 2.05) is 0 Å². The van der Waals surface area contributed by atoms with Crippen molar-refractivity contribution in [2.75, 3.05) is 5.73 Å². The number of hydrogen-bond acceptors (Lipinski definition) is 2. The van der Waals surface area contributed by atoms with Gasteiger partial charge in [-0.25, -0.2) is 8.78 Å². The number of fused-ring (bicyclic) bond motifs is 1. The average molecular weight is 195 g/mol. The summed E-state index contributed by atoms with van der Waals surface area (Å²) in [4.78, 5) is 0. The molecule has 0 amide bonds. The van der Waals surface area contributed by atoms with Gasteiger partial charge in [0.25, 0.3) is 0 Å². The summed E-state index contributed by atoms with van der Waals surface area (Å²) in [5, 5.41) is 9.53. The van der Waals surface area contributed by atoms with Crippen molar-refractivity contribution in [3.8, 4) is 5.75 Å². The summed E-state index contributed by atoms with van der Waals surface area (Å²) >= 11 is 0. The van der Waals surface area contributed by atoms with Gasteiger partial charge in [0.2, 0.25) is 0 Å². The fourth-order valence-electron chi connectivity index (χ4n) is 1.32. The van der Waals surface area contributed by atoms with Gasteiger partial charge in [0.1, 0.15) is 5.82 Å². The normalized spacial score (nSPS) is 10.7.